The number of allylic oxidation sites excluding steroid dienone is 1. The molecule has 0 saturated carbocycles. The van der Waals surface area contributed by atoms with Crippen LogP contribution in [0.5, 0.6) is 0 Å². The zero-order valence-corrected chi connectivity index (χ0v) is 8.82. The number of nitrogens with one attached hydrogen (secondary N) is 1. The molecule has 0 saturated heterocycles. The Morgan fingerprint density at radius 3 is 2.62 bits per heavy atom. The van der Waals surface area contributed by atoms with Crippen molar-refractivity contribution in [2.75, 3.05) is 6.73 Å². The van der Waals surface area contributed by atoms with Crippen molar-refractivity contribution in [2.24, 2.45) is 0 Å². The molecule has 0 radical (unpaired) electrons. The predicted molar refractivity (Wildman–Crippen MR) is 58.1 cm³/mol. The Morgan fingerprint density at radius 1 is 1.31 bits per heavy atom. The summed E-state index contributed by atoms with van der Waals surface area (Å²) in [5, 5.41) is 2.54. The highest BCUT2D eigenvalue weighted by molar-refractivity contribution is 6.25. The lowest BCUT2D eigenvalue weighted by Crippen LogP contribution is -2.34. The fourth-order valence-corrected chi connectivity index (χ4v) is 1.58. The number of benzene rings is 1. The van der Waals surface area contributed by atoms with Gasteiger partial charge in [0.15, 0.2) is 18.3 Å². The molecule has 4 heteroatoms. The fraction of sp³-hybridized carbons (Fsp3) is 0.167. The van der Waals surface area contributed by atoms with Crippen molar-refractivity contribution in [3.05, 3.63) is 41.7 Å². The minimum Gasteiger partial charge on any atom is -0.469 e. The minimum absolute atomic E-state index is 0.0457. The SMILES string of the molecule is CC(=O)C1=C(c2ccccc2)C(=O)NCO1. The second kappa shape index (κ2) is 4.18. The van der Waals surface area contributed by atoms with Gasteiger partial charge < -0.3 is 10.1 Å². The Balaban J connectivity index is 2.56. The molecule has 1 aromatic carbocycles. The molecule has 1 heterocycles. The van der Waals surface area contributed by atoms with Gasteiger partial charge in [0.25, 0.3) is 5.91 Å². The Labute approximate surface area is 92.9 Å². The van der Waals surface area contributed by atoms with Gasteiger partial charge in [0, 0.05) is 6.92 Å². The first-order valence-corrected chi connectivity index (χ1v) is 4.92. The average Bonchev–Trinajstić information content (AvgIpc) is 2.29. The maximum absolute atomic E-state index is 11.7. The summed E-state index contributed by atoms with van der Waals surface area (Å²) in [5.74, 6) is -0.383. The highest BCUT2D eigenvalue weighted by Gasteiger charge is 2.25. The lowest BCUT2D eigenvalue weighted by atomic mass is 10.0. The van der Waals surface area contributed by atoms with Crippen molar-refractivity contribution in [2.45, 2.75) is 6.92 Å². The second-order valence-electron chi connectivity index (χ2n) is 3.42. The van der Waals surface area contributed by atoms with Crippen LogP contribution in [-0.2, 0) is 14.3 Å². The van der Waals surface area contributed by atoms with Gasteiger partial charge >= 0.3 is 0 Å². The van der Waals surface area contributed by atoms with Crippen LogP contribution in [0.15, 0.2) is 36.1 Å². The summed E-state index contributed by atoms with van der Waals surface area (Å²) in [7, 11) is 0. The topological polar surface area (TPSA) is 55.4 Å². The number of ketones is 1. The van der Waals surface area contributed by atoms with Crippen LogP contribution in [0.2, 0.25) is 0 Å². The maximum Gasteiger partial charge on any atom is 0.258 e. The highest BCUT2D eigenvalue weighted by atomic mass is 16.5. The van der Waals surface area contributed by atoms with Crippen LogP contribution in [0.1, 0.15) is 12.5 Å². The fourth-order valence-electron chi connectivity index (χ4n) is 1.58. The van der Waals surface area contributed by atoms with Crippen LogP contribution in [-0.4, -0.2) is 18.4 Å². The van der Waals surface area contributed by atoms with E-state index in [9.17, 15) is 9.59 Å². The Kier molecular flexibility index (Phi) is 2.72. The van der Waals surface area contributed by atoms with Crippen molar-refractivity contribution in [3.8, 4) is 0 Å². The van der Waals surface area contributed by atoms with Crippen LogP contribution in [0.3, 0.4) is 0 Å². The van der Waals surface area contributed by atoms with E-state index < -0.39 is 0 Å². The van der Waals surface area contributed by atoms with Gasteiger partial charge in [0.2, 0.25) is 0 Å². The highest BCUT2D eigenvalue weighted by Crippen LogP contribution is 2.22. The zero-order chi connectivity index (χ0) is 11.5. The van der Waals surface area contributed by atoms with E-state index in [1.165, 1.54) is 6.92 Å². The zero-order valence-electron chi connectivity index (χ0n) is 8.82. The monoisotopic (exact) mass is 217 g/mol. The molecule has 82 valence electrons. The predicted octanol–water partition coefficient (Wildman–Crippen LogP) is 1.09. The van der Waals surface area contributed by atoms with Gasteiger partial charge in [-0.05, 0) is 5.56 Å². The van der Waals surface area contributed by atoms with Gasteiger partial charge in [-0.15, -0.1) is 0 Å². The smallest absolute Gasteiger partial charge is 0.258 e. The summed E-state index contributed by atoms with van der Waals surface area (Å²) in [6.45, 7) is 1.43. The van der Waals surface area contributed by atoms with E-state index in [2.05, 4.69) is 5.32 Å². The normalized spacial score (nSPS) is 15.4. The third-order valence-electron chi connectivity index (χ3n) is 2.29. The average molecular weight is 217 g/mol. The van der Waals surface area contributed by atoms with E-state index in [1.807, 2.05) is 18.2 Å². The summed E-state index contributed by atoms with van der Waals surface area (Å²) < 4.78 is 5.17. The molecule has 4 nitrogen and oxygen atoms in total. The molecular formula is C12H11NO3. The number of Topliss-reactive ketones (excluding diaryl/α,β-unsaturated/α-hetero) is 1. The van der Waals surface area contributed by atoms with Crippen LogP contribution in [0.25, 0.3) is 5.57 Å². The van der Waals surface area contributed by atoms with E-state index in [1.54, 1.807) is 12.1 Å². The van der Waals surface area contributed by atoms with Gasteiger partial charge in [-0.3, -0.25) is 9.59 Å². The largest absolute Gasteiger partial charge is 0.469 e. The molecule has 2 rings (SSSR count). The third-order valence-corrected chi connectivity index (χ3v) is 2.29. The molecule has 0 bridgehead atoms. The lowest BCUT2D eigenvalue weighted by molar-refractivity contribution is -0.122. The van der Waals surface area contributed by atoms with Crippen molar-refractivity contribution in [1.29, 1.82) is 0 Å². The Hall–Kier alpha value is -2.10. The van der Waals surface area contributed by atoms with Gasteiger partial charge in [0.1, 0.15) is 0 Å². The molecule has 1 aliphatic rings. The van der Waals surface area contributed by atoms with Gasteiger partial charge in [0.05, 0.1) is 5.57 Å². The molecular weight excluding hydrogens is 206 g/mol. The molecule has 1 aromatic rings. The molecule has 0 fully saturated rings. The summed E-state index contributed by atoms with van der Waals surface area (Å²) >= 11 is 0. The van der Waals surface area contributed by atoms with E-state index in [-0.39, 0.29) is 24.2 Å². The maximum atomic E-state index is 11.7. The lowest BCUT2D eigenvalue weighted by Gasteiger charge is -2.19. The van der Waals surface area contributed by atoms with Crippen LogP contribution >= 0.6 is 0 Å². The summed E-state index contributed by atoms with van der Waals surface area (Å²) in [6.07, 6.45) is 0. The minimum atomic E-state index is -0.275. The van der Waals surface area contributed by atoms with Gasteiger partial charge in [-0.2, -0.15) is 0 Å². The number of hydrogen-bond acceptors (Lipinski definition) is 3. The molecule has 16 heavy (non-hydrogen) atoms. The van der Waals surface area contributed by atoms with E-state index in [4.69, 9.17) is 4.74 Å². The first-order chi connectivity index (χ1) is 7.70. The number of rotatable bonds is 2. The molecule has 0 spiro atoms. The third kappa shape index (κ3) is 1.82. The number of carbonyl (C=O) groups is 2. The quantitative estimate of drug-likeness (QED) is 0.806. The number of ether oxygens (including phenoxy) is 1. The van der Waals surface area contributed by atoms with Crippen molar-refractivity contribution >= 4 is 17.3 Å². The Morgan fingerprint density at radius 2 is 2.00 bits per heavy atom. The number of amides is 1. The van der Waals surface area contributed by atoms with Crippen LogP contribution in [0, 0.1) is 0 Å². The van der Waals surface area contributed by atoms with Crippen molar-refractivity contribution in [1.82, 2.24) is 5.32 Å². The molecule has 0 atom stereocenters. The summed E-state index contributed by atoms with van der Waals surface area (Å²) in [4.78, 5) is 23.1. The first-order valence-electron chi connectivity index (χ1n) is 4.92. The van der Waals surface area contributed by atoms with Crippen molar-refractivity contribution in [3.63, 3.8) is 0 Å². The summed E-state index contributed by atoms with van der Waals surface area (Å²) in [5.41, 5.74) is 0.990. The second-order valence-corrected chi connectivity index (χ2v) is 3.42. The van der Waals surface area contributed by atoms with E-state index in [0.29, 0.717) is 11.1 Å². The number of carbonyl (C=O) groups excluding carboxylic acids is 2. The standard InChI is InChI=1S/C12H11NO3/c1-8(14)11-10(12(15)13-7-16-11)9-5-3-2-4-6-9/h2-6H,7H2,1H3,(H,13,15). The molecule has 0 aromatic heterocycles. The molecule has 0 aliphatic carbocycles. The van der Waals surface area contributed by atoms with Crippen molar-refractivity contribution < 1.29 is 14.3 Å². The first kappa shape index (κ1) is 10.4. The summed E-state index contributed by atoms with van der Waals surface area (Å²) in [6, 6.07) is 9.00. The van der Waals surface area contributed by atoms with Gasteiger partial charge in [-0.25, -0.2) is 0 Å². The van der Waals surface area contributed by atoms with Gasteiger partial charge in [-0.1, -0.05) is 30.3 Å². The van der Waals surface area contributed by atoms with Crippen LogP contribution in [0.4, 0.5) is 0 Å². The number of hydrogen-bond donors (Lipinski definition) is 1. The molecule has 1 N–H and O–H groups in total. The van der Waals surface area contributed by atoms with E-state index >= 15 is 0 Å². The van der Waals surface area contributed by atoms with E-state index in [0.717, 1.165) is 0 Å². The molecule has 1 aliphatic heterocycles. The molecule has 0 unspecified atom stereocenters. The Bertz CT molecular complexity index is 462. The van der Waals surface area contributed by atoms with Crippen LogP contribution < -0.4 is 5.32 Å². The molecule has 1 amide bonds.